The summed E-state index contributed by atoms with van der Waals surface area (Å²) in [5.74, 6) is -0.946. The van der Waals surface area contributed by atoms with Gasteiger partial charge in [0.05, 0.1) is 40.0 Å². The van der Waals surface area contributed by atoms with E-state index in [0.29, 0.717) is 13.1 Å². The first-order valence-corrected chi connectivity index (χ1v) is 9.52. The van der Waals surface area contributed by atoms with Crippen LogP contribution in [0.5, 0.6) is 5.75 Å². The summed E-state index contributed by atoms with van der Waals surface area (Å²) in [7, 11) is 0. The van der Waals surface area contributed by atoms with Crippen LogP contribution in [-0.4, -0.2) is 41.1 Å². The number of pyridine rings is 1. The highest BCUT2D eigenvalue weighted by Crippen LogP contribution is 2.42. The first-order valence-electron chi connectivity index (χ1n) is 9.14. The van der Waals surface area contributed by atoms with E-state index in [1.165, 1.54) is 12.3 Å². The Bertz CT molecular complexity index is 1010. The second kappa shape index (κ2) is 6.93. The molecule has 2 aromatic rings. The smallest absolute Gasteiger partial charge is 0.449 e. The lowest BCUT2D eigenvalue weighted by Crippen LogP contribution is -2.46. The lowest BCUT2D eigenvalue weighted by atomic mass is 10.1. The van der Waals surface area contributed by atoms with Crippen LogP contribution in [0.15, 0.2) is 17.1 Å². The zero-order valence-corrected chi connectivity index (χ0v) is 16.2. The van der Waals surface area contributed by atoms with E-state index in [2.05, 4.69) is 4.74 Å². The van der Waals surface area contributed by atoms with Gasteiger partial charge in [-0.05, 0) is 32.8 Å². The molecule has 1 saturated heterocycles. The van der Waals surface area contributed by atoms with Crippen molar-refractivity contribution in [2.24, 2.45) is 0 Å². The molecule has 0 bridgehead atoms. The van der Waals surface area contributed by atoms with Gasteiger partial charge in [-0.2, -0.15) is 0 Å². The number of halogens is 2. The lowest BCUT2D eigenvalue weighted by molar-refractivity contribution is -0.00537. The minimum atomic E-state index is -1.60. The number of nitrogens with zero attached hydrogens (tertiary/aromatic N) is 2. The fourth-order valence-corrected chi connectivity index (χ4v) is 4.18. The molecule has 1 aromatic carbocycles. The molecule has 1 aliphatic heterocycles. The van der Waals surface area contributed by atoms with Crippen molar-refractivity contribution in [2.45, 2.75) is 44.9 Å². The summed E-state index contributed by atoms with van der Waals surface area (Å²) in [5, 5.41) is 8.99. The number of carbonyl (C=O) groups is 1. The molecule has 150 valence electrons. The summed E-state index contributed by atoms with van der Waals surface area (Å²) < 4.78 is 27.6. The van der Waals surface area contributed by atoms with Crippen molar-refractivity contribution in [1.82, 2.24) is 4.57 Å². The summed E-state index contributed by atoms with van der Waals surface area (Å²) in [6, 6.07) is 1.39. The van der Waals surface area contributed by atoms with E-state index in [0.717, 1.165) is 12.8 Å². The number of aromatic nitrogens is 1. The maximum atomic E-state index is 15.7. The zero-order valence-electron chi connectivity index (χ0n) is 15.4. The van der Waals surface area contributed by atoms with Gasteiger partial charge in [-0.3, -0.25) is 4.79 Å². The highest BCUT2D eigenvalue weighted by molar-refractivity contribution is 6.34. The van der Waals surface area contributed by atoms with E-state index >= 15 is 4.39 Å². The monoisotopic (exact) mass is 410 g/mol. The van der Waals surface area contributed by atoms with Crippen molar-refractivity contribution in [1.29, 1.82) is 0 Å². The summed E-state index contributed by atoms with van der Waals surface area (Å²) in [6.07, 6.45) is 1.13. The van der Waals surface area contributed by atoms with Crippen molar-refractivity contribution in [2.75, 3.05) is 18.0 Å². The van der Waals surface area contributed by atoms with Gasteiger partial charge in [-0.1, -0.05) is 11.6 Å². The first kappa shape index (κ1) is 19.0. The average molecular weight is 411 g/mol. The normalized spacial score (nSPS) is 22.5. The van der Waals surface area contributed by atoms with E-state index in [4.69, 9.17) is 21.4 Å². The molecule has 1 aromatic heterocycles. The minimum Gasteiger partial charge on any atom is -0.449 e. The van der Waals surface area contributed by atoms with Crippen LogP contribution < -0.4 is 15.1 Å². The molecular weight excluding hydrogens is 391 g/mol. The van der Waals surface area contributed by atoms with Crippen LogP contribution in [0, 0.1) is 5.82 Å². The third-order valence-electron chi connectivity index (χ3n) is 5.02. The molecular formula is C19H20ClFN2O5. The summed E-state index contributed by atoms with van der Waals surface area (Å²) in [4.78, 5) is 25.4. The van der Waals surface area contributed by atoms with E-state index in [1.54, 1.807) is 4.57 Å². The number of rotatable bonds is 3. The van der Waals surface area contributed by atoms with Gasteiger partial charge in [0.15, 0.2) is 11.6 Å². The Kier molecular flexibility index (Phi) is 4.71. The number of ether oxygens (including phenoxy) is 2. The van der Waals surface area contributed by atoms with Crippen LogP contribution in [0.1, 0.15) is 32.7 Å². The Morgan fingerprint density at radius 3 is 2.54 bits per heavy atom. The van der Waals surface area contributed by atoms with Crippen molar-refractivity contribution in [3.63, 3.8) is 0 Å². The second-order valence-electron chi connectivity index (χ2n) is 7.41. The molecule has 2 unspecified atom stereocenters. The van der Waals surface area contributed by atoms with Gasteiger partial charge in [-0.15, -0.1) is 0 Å². The number of hydrogen-bond acceptors (Lipinski definition) is 5. The molecule has 9 heteroatoms. The molecule has 28 heavy (non-hydrogen) atoms. The fourth-order valence-electron chi connectivity index (χ4n) is 3.86. The Balaban J connectivity index is 1.94. The number of hydrogen-bond donors (Lipinski definition) is 1. The zero-order chi connectivity index (χ0) is 20.2. The Labute approximate surface area is 165 Å². The summed E-state index contributed by atoms with van der Waals surface area (Å²) >= 11 is 6.39. The van der Waals surface area contributed by atoms with Crippen molar-refractivity contribution in [3.05, 3.63) is 33.3 Å². The quantitative estimate of drug-likeness (QED) is 0.775. The van der Waals surface area contributed by atoms with Crippen LogP contribution in [0.2, 0.25) is 5.02 Å². The van der Waals surface area contributed by atoms with Gasteiger partial charge < -0.3 is 24.0 Å². The summed E-state index contributed by atoms with van der Waals surface area (Å²) in [5.41, 5.74) is -0.348. The minimum absolute atomic E-state index is 0.00579. The predicted molar refractivity (Wildman–Crippen MR) is 102 cm³/mol. The molecule has 4 rings (SSSR count). The van der Waals surface area contributed by atoms with Crippen LogP contribution in [0.3, 0.4) is 0 Å². The molecule has 2 atom stereocenters. The first-order chi connectivity index (χ1) is 13.3. The topological polar surface area (TPSA) is 81.0 Å². The van der Waals surface area contributed by atoms with Gasteiger partial charge in [0.1, 0.15) is 0 Å². The molecule has 0 radical (unpaired) electrons. The van der Waals surface area contributed by atoms with Crippen LogP contribution >= 0.6 is 11.6 Å². The molecule has 2 aliphatic rings. The number of fused-ring (bicyclic) bond motifs is 1. The number of anilines is 1. The molecule has 1 N–H and O–H groups in total. The van der Waals surface area contributed by atoms with E-state index < -0.39 is 17.4 Å². The average Bonchev–Trinajstić information content (AvgIpc) is 3.41. The van der Waals surface area contributed by atoms with Crippen molar-refractivity contribution < 1.29 is 23.8 Å². The molecule has 1 aliphatic carbocycles. The van der Waals surface area contributed by atoms with E-state index in [9.17, 15) is 9.59 Å². The Hall–Kier alpha value is -2.32. The highest BCUT2D eigenvalue weighted by Gasteiger charge is 2.32. The largest absolute Gasteiger partial charge is 0.511 e. The van der Waals surface area contributed by atoms with Gasteiger partial charge in [0.25, 0.3) is 0 Å². The van der Waals surface area contributed by atoms with Crippen LogP contribution in [-0.2, 0) is 4.74 Å². The van der Waals surface area contributed by atoms with Crippen molar-refractivity contribution >= 4 is 34.3 Å². The predicted octanol–water partition coefficient (Wildman–Crippen LogP) is 3.80. The fraction of sp³-hybridized carbons (Fsp3) is 0.474. The van der Waals surface area contributed by atoms with E-state index in [-0.39, 0.29) is 45.6 Å². The highest BCUT2D eigenvalue weighted by atomic mass is 35.5. The molecule has 2 heterocycles. The maximum Gasteiger partial charge on any atom is 0.511 e. The standard InChI is InChI=1S/C19H20ClFN2O5/c1-9-6-22(7-10(2)27-9)17-13(20)5-12-16(15(17)21)23(11-3-4-11)8-14(18(12)24)28-19(25)26/h5,8-11H,3-4,6-7H2,1-2H3,(H,25,26). The Morgan fingerprint density at radius 1 is 1.32 bits per heavy atom. The van der Waals surface area contributed by atoms with Crippen molar-refractivity contribution in [3.8, 4) is 5.75 Å². The van der Waals surface area contributed by atoms with Crippen LogP contribution in [0.25, 0.3) is 10.9 Å². The van der Waals surface area contributed by atoms with Gasteiger partial charge in [-0.25, -0.2) is 9.18 Å². The molecule has 2 fully saturated rings. The molecule has 1 saturated carbocycles. The number of benzene rings is 1. The van der Waals surface area contributed by atoms with Crippen LogP contribution in [0.4, 0.5) is 14.9 Å². The van der Waals surface area contributed by atoms with Gasteiger partial charge in [0, 0.05) is 19.1 Å². The Morgan fingerprint density at radius 2 is 1.96 bits per heavy atom. The number of carboxylic acid groups (broad SMARTS) is 1. The number of morpholine rings is 1. The third kappa shape index (κ3) is 3.31. The van der Waals surface area contributed by atoms with Gasteiger partial charge in [0.2, 0.25) is 5.43 Å². The third-order valence-corrected chi connectivity index (χ3v) is 5.31. The molecule has 0 amide bonds. The SMILES string of the molecule is CC1CN(c2c(Cl)cc3c(=O)c(OC(=O)O)cn(C4CC4)c3c2F)CC(C)O1. The summed E-state index contributed by atoms with van der Waals surface area (Å²) in [6.45, 7) is 4.76. The van der Waals surface area contributed by atoms with Gasteiger partial charge >= 0.3 is 6.16 Å². The second-order valence-corrected chi connectivity index (χ2v) is 7.82. The maximum absolute atomic E-state index is 15.7. The molecule has 0 spiro atoms. The molecule has 7 nitrogen and oxygen atoms in total. The lowest BCUT2D eigenvalue weighted by Gasteiger charge is -2.37. The van der Waals surface area contributed by atoms with E-state index in [1.807, 2.05) is 18.7 Å².